The number of allylic oxidation sites excluding steroid dienone is 2. The molecule has 9 heavy (non-hydrogen) atoms. The fourth-order valence-corrected chi connectivity index (χ4v) is 0.720. The Labute approximate surface area is 54.3 Å². The molecular weight excluding hydrogens is 117 g/mol. The lowest BCUT2D eigenvalue weighted by molar-refractivity contribution is 0.517. The van der Waals surface area contributed by atoms with E-state index in [1.165, 1.54) is 0 Å². The van der Waals surface area contributed by atoms with Crippen molar-refractivity contribution in [1.29, 1.82) is 0 Å². The molecule has 0 aromatic heterocycles. The number of rotatable bonds is 0. The molecule has 0 aromatic carbocycles. The molecule has 1 nitrogen and oxygen atoms in total. The van der Waals surface area contributed by atoms with Crippen LogP contribution in [0.5, 0.6) is 0 Å². The predicted molar refractivity (Wildman–Crippen MR) is 35.5 cm³/mol. The lowest BCUT2D eigenvalue weighted by Gasteiger charge is -2.14. The highest BCUT2D eigenvalue weighted by Gasteiger charge is 2.08. The number of hydrogen-bond donors (Lipinski definition) is 1. The van der Waals surface area contributed by atoms with Gasteiger partial charge in [0.05, 0.1) is 6.04 Å². The molecule has 1 rings (SSSR count). The molecule has 0 saturated heterocycles. The molecule has 0 bridgehead atoms. The van der Waals surface area contributed by atoms with Gasteiger partial charge in [-0.05, 0) is 25.5 Å². The van der Waals surface area contributed by atoms with Crippen molar-refractivity contribution in [1.82, 2.24) is 5.32 Å². The van der Waals surface area contributed by atoms with E-state index in [1.807, 2.05) is 13.1 Å². The molecule has 1 aliphatic rings. The number of halogens is 1. The van der Waals surface area contributed by atoms with Crippen molar-refractivity contribution in [3.05, 3.63) is 23.7 Å². The molecule has 0 spiro atoms. The number of hydrogen-bond acceptors (Lipinski definition) is 1. The predicted octanol–water partition coefficient (Wildman–Crippen LogP) is 1.74. The SMILES string of the molecule is CC1=CNC(C)C(F)=C1. The van der Waals surface area contributed by atoms with Crippen LogP contribution in [0.4, 0.5) is 4.39 Å². The van der Waals surface area contributed by atoms with Crippen molar-refractivity contribution < 1.29 is 4.39 Å². The third-order valence-corrected chi connectivity index (χ3v) is 1.34. The monoisotopic (exact) mass is 127 g/mol. The lowest BCUT2D eigenvalue weighted by atomic mass is 10.1. The van der Waals surface area contributed by atoms with Crippen LogP contribution in [0.25, 0.3) is 0 Å². The third kappa shape index (κ3) is 1.31. The van der Waals surface area contributed by atoms with Gasteiger partial charge in [-0.1, -0.05) is 0 Å². The summed E-state index contributed by atoms with van der Waals surface area (Å²) < 4.78 is 12.6. The van der Waals surface area contributed by atoms with Crippen molar-refractivity contribution in [3.8, 4) is 0 Å². The molecular formula is C7H10FN. The van der Waals surface area contributed by atoms with E-state index in [9.17, 15) is 4.39 Å². The van der Waals surface area contributed by atoms with Gasteiger partial charge in [0.2, 0.25) is 0 Å². The van der Waals surface area contributed by atoms with Crippen LogP contribution < -0.4 is 5.32 Å². The van der Waals surface area contributed by atoms with Crippen LogP contribution in [0, 0.1) is 0 Å². The van der Waals surface area contributed by atoms with E-state index in [2.05, 4.69) is 5.32 Å². The van der Waals surface area contributed by atoms with Crippen LogP contribution >= 0.6 is 0 Å². The van der Waals surface area contributed by atoms with Crippen LogP contribution in [0.2, 0.25) is 0 Å². The van der Waals surface area contributed by atoms with E-state index < -0.39 is 0 Å². The molecule has 0 fully saturated rings. The Morgan fingerprint density at radius 1 is 1.67 bits per heavy atom. The molecule has 1 aliphatic heterocycles. The third-order valence-electron chi connectivity index (χ3n) is 1.34. The average molecular weight is 127 g/mol. The highest BCUT2D eigenvalue weighted by atomic mass is 19.1. The quantitative estimate of drug-likeness (QED) is 0.522. The average Bonchev–Trinajstić information content (AvgIpc) is 1.80. The molecule has 2 heteroatoms. The topological polar surface area (TPSA) is 12.0 Å². The van der Waals surface area contributed by atoms with Gasteiger partial charge in [0.25, 0.3) is 0 Å². The minimum Gasteiger partial charge on any atom is -0.382 e. The van der Waals surface area contributed by atoms with Gasteiger partial charge >= 0.3 is 0 Å². The maximum absolute atomic E-state index is 12.6. The summed E-state index contributed by atoms with van der Waals surface area (Å²) in [6, 6.07) is -0.145. The summed E-state index contributed by atoms with van der Waals surface area (Å²) in [4.78, 5) is 0. The van der Waals surface area contributed by atoms with Gasteiger partial charge in [0, 0.05) is 6.20 Å². The summed E-state index contributed by atoms with van der Waals surface area (Å²) in [6.45, 7) is 3.65. The molecule has 50 valence electrons. The second-order valence-electron chi connectivity index (χ2n) is 2.31. The molecule has 1 unspecified atom stereocenters. The van der Waals surface area contributed by atoms with Gasteiger partial charge in [-0.3, -0.25) is 0 Å². The fraction of sp³-hybridized carbons (Fsp3) is 0.429. The highest BCUT2D eigenvalue weighted by Crippen LogP contribution is 2.11. The molecule has 0 aliphatic carbocycles. The van der Waals surface area contributed by atoms with E-state index in [1.54, 1.807) is 13.0 Å². The molecule has 0 saturated carbocycles. The van der Waals surface area contributed by atoms with Crippen LogP contribution in [0.3, 0.4) is 0 Å². The molecule has 0 radical (unpaired) electrons. The Balaban J connectivity index is 2.74. The molecule has 1 N–H and O–H groups in total. The van der Waals surface area contributed by atoms with Crippen LogP contribution in [-0.4, -0.2) is 6.04 Å². The Morgan fingerprint density at radius 2 is 2.33 bits per heavy atom. The van der Waals surface area contributed by atoms with Gasteiger partial charge in [-0.2, -0.15) is 0 Å². The minimum atomic E-state index is -0.145. The first-order valence-electron chi connectivity index (χ1n) is 3.00. The molecule has 1 atom stereocenters. The first kappa shape index (κ1) is 6.33. The smallest absolute Gasteiger partial charge is 0.122 e. The second kappa shape index (κ2) is 2.21. The first-order valence-corrected chi connectivity index (χ1v) is 3.00. The molecule has 0 aromatic rings. The summed E-state index contributed by atoms with van der Waals surface area (Å²) in [5.74, 6) is -0.0880. The van der Waals surface area contributed by atoms with Crippen LogP contribution in [0.1, 0.15) is 13.8 Å². The van der Waals surface area contributed by atoms with Gasteiger partial charge in [-0.15, -0.1) is 0 Å². The van der Waals surface area contributed by atoms with Crippen molar-refractivity contribution in [2.24, 2.45) is 0 Å². The van der Waals surface area contributed by atoms with E-state index >= 15 is 0 Å². The number of dihydropyridines is 1. The van der Waals surface area contributed by atoms with Gasteiger partial charge in [0.1, 0.15) is 5.83 Å². The van der Waals surface area contributed by atoms with Crippen molar-refractivity contribution >= 4 is 0 Å². The van der Waals surface area contributed by atoms with Gasteiger partial charge in [-0.25, -0.2) is 4.39 Å². The largest absolute Gasteiger partial charge is 0.382 e. The standard InChI is InChI=1S/C7H10FN/c1-5-3-7(8)6(2)9-4-5/h3-4,6,9H,1-2H3. The summed E-state index contributed by atoms with van der Waals surface area (Å²) in [6.07, 6.45) is 3.36. The minimum absolute atomic E-state index is 0.0880. The van der Waals surface area contributed by atoms with Gasteiger partial charge < -0.3 is 5.32 Å². The van der Waals surface area contributed by atoms with Gasteiger partial charge in [0.15, 0.2) is 0 Å². The van der Waals surface area contributed by atoms with Crippen molar-refractivity contribution in [2.45, 2.75) is 19.9 Å². The Morgan fingerprint density at radius 3 is 2.78 bits per heavy atom. The maximum atomic E-state index is 12.6. The molecule has 1 heterocycles. The van der Waals surface area contributed by atoms with Crippen LogP contribution in [0.15, 0.2) is 23.7 Å². The normalized spacial score (nSPS) is 26.3. The summed E-state index contributed by atoms with van der Waals surface area (Å²) in [5.41, 5.74) is 0.936. The zero-order valence-electron chi connectivity index (χ0n) is 5.61. The van der Waals surface area contributed by atoms with E-state index in [4.69, 9.17) is 0 Å². The Hall–Kier alpha value is -0.790. The van der Waals surface area contributed by atoms with E-state index in [-0.39, 0.29) is 11.9 Å². The second-order valence-corrected chi connectivity index (χ2v) is 2.31. The maximum Gasteiger partial charge on any atom is 0.122 e. The van der Waals surface area contributed by atoms with E-state index in [0.717, 1.165) is 5.57 Å². The highest BCUT2D eigenvalue weighted by molar-refractivity contribution is 5.24. The molecule has 0 amide bonds. The van der Waals surface area contributed by atoms with E-state index in [0.29, 0.717) is 0 Å². The van der Waals surface area contributed by atoms with Crippen LogP contribution in [-0.2, 0) is 0 Å². The summed E-state index contributed by atoms with van der Waals surface area (Å²) in [5, 5.41) is 2.88. The first-order chi connectivity index (χ1) is 4.20. The Bertz CT molecular complexity index is 170. The van der Waals surface area contributed by atoms with Crippen molar-refractivity contribution in [3.63, 3.8) is 0 Å². The fourth-order valence-electron chi connectivity index (χ4n) is 0.720. The zero-order chi connectivity index (χ0) is 6.85. The summed E-state index contributed by atoms with van der Waals surface area (Å²) in [7, 11) is 0. The number of nitrogens with one attached hydrogen (secondary N) is 1. The Kier molecular flexibility index (Phi) is 1.56. The summed E-state index contributed by atoms with van der Waals surface area (Å²) >= 11 is 0. The zero-order valence-corrected chi connectivity index (χ0v) is 5.61. The lowest BCUT2D eigenvalue weighted by Crippen LogP contribution is -2.23. The van der Waals surface area contributed by atoms with Crippen molar-refractivity contribution in [2.75, 3.05) is 0 Å².